The van der Waals surface area contributed by atoms with E-state index in [1.807, 2.05) is 115 Å². The molecule has 6 saturated carbocycles. The maximum Gasteiger partial charge on any atom is 0.319 e. The predicted octanol–water partition coefficient (Wildman–Crippen LogP) is 15.7. The average molecular weight is 1750 g/mol. The maximum atomic E-state index is 14.5. The molecular weight excluding hydrogens is 1670 g/mol. The van der Waals surface area contributed by atoms with E-state index in [4.69, 9.17) is 66.3 Å². The fourth-order valence-electron chi connectivity index (χ4n) is 22.7. The van der Waals surface area contributed by atoms with Crippen molar-refractivity contribution in [1.29, 1.82) is 0 Å². The fraction of sp³-hybridized carbons (Fsp3) is 0.402. The van der Waals surface area contributed by atoms with Gasteiger partial charge in [0.15, 0.2) is 45.0 Å². The second kappa shape index (κ2) is 28.5. The van der Waals surface area contributed by atoms with Crippen molar-refractivity contribution >= 4 is 50.5 Å². The molecule has 21 rings (SSSR count). The number of fused-ring (bicyclic) bond motifs is 9. The quantitative estimate of drug-likeness (QED) is 0.0317. The summed E-state index contributed by atoms with van der Waals surface area (Å²) >= 11 is 9.79. The molecule has 0 amide bonds. The van der Waals surface area contributed by atoms with Crippen molar-refractivity contribution in [3.63, 3.8) is 0 Å². The van der Waals surface area contributed by atoms with E-state index in [2.05, 4.69) is 50.3 Å². The monoisotopic (exact) mass is 1750 g/mol. The van der Waals surface area contributed by atoms with Crippen molar-refractivity contribution in [3.05, 3.63) is 287 Å². The molecule has 3 aromatic heterocycles. The molecule has 3 saturated heterocycles. The van der Waals surface area contributed by atoms with Gasteiger partial charge in [-0.05, 0) is 64.8 Å². The third kappa shape index (κ3) is 11.0. The van der Waals surface area contributed by atoms with Gasteiger partial charge >= 0.3 is 11.8 Å². The largest absolute Gasteiger partial charge is 0.481 e. The van der Waals surface area contributed by atoms with Gasteiger partial charge in [0.05, 0.1) is 75.0 Å². The first kappa shape index (κ1) is 82.5. The number of methoxy groups -OCH3 is 3. The van der Waals surface area contributed by atoms with Crippen molar-refractivity contribution in [3.8, 4) is 34.9 Å². The van der Waals surface area contributed by atoms with Crippen LogP contribution in [0.1, 0.15) is 114 Å². The molecule has 3 spiro atoms. The molecule has 22 nitrogen and oxygen atoms in total. The number of halogens is 8. The Kier molecular flexibility index (Phi) is 19.3. The molecule has 0 radical (unpaired) electrons. The van der Waals surface area contributed by atoms with Gasteiger partial charge in [-0.25, -0.2) is 41.0 Å². The van der Waals surface area contributed by atoms with Crippen LogP contribution in [0.2, 0.25) is 5.15 Å². The van der Waals surface area contributed by atoms with Crippen LogP contribution < -0.4 is 28.4 Å². The van der Waals surface area contributed by atoms with Gasteiger partial charge in [0.25, 0.3) is 29.4 Å². The van der Waals surface area contributed by atoms with Crippen LogP contribution in [0.25, 0.3) is 19.4 Å². The van der Waals surface area contributed by atoms with Crippen molar-refractivity contribution in [2.24, 2.45) is 17.8 Å². The summed E-state index contributed by atoms with van der Waals surface area (Å²) in [7, 11) is 4.13. The van der Waals surface area contributed by atoms with E-state index >= 15 is 0 Å². The minimum atomic E-state index is -2.79. The van der Waals surface area contributed by atoms with Crippen LogP contribution in [0.3, 0.4) is 0 Å². The molecule has 6 aromatic carbocycles. The second-order valence-electron chi connectivity index (χ2n) is 33.7. The van der Waals surface area contributed by atoms with E-state index in [1.54, 1.807) is 63.2 Å². The highest BCUT2D eigenvalue weighted by molar-refractivity contribution is 9.10. The van der Waals surface area contributed by atoms with Crippen LogP contribution in [-0.4, -0.2) is 174 Å². The maximum absolute atomic E-state index is 14.5. The van der Waals surface area contributed by atoms with Crippen LogP contribution in [0, 0.1) is 44.0 Å². The molecule has 6 aliphatic carbocycles. The molecule has 9 aromatic rings. The Morgan fingerprint density at radius 3 is 0.967 bits per heavy atom. The van der Waals surface area contributed by atoms with Crippen molar-refractivity contribution < 1.29 is 85.4 Å². The zero-order valence-electron chi connectivity index (χ0n) is 65.1. The van der Waals surface area contributed by atoms with Gasteiger partial charge in [0, 0.05) is 117 Å². The molecule has 12 aliphatic rings. The molecule has 0 bridgehead atoms. The smallest absolute Gasteiger partial charge is 0.319 e. The second-order valence-corrected chi connectivity index (χ2v) is 35.0. The van der Waals surface area contributed by atoms with Crippen LogP contribution >= 0.6 is 27.5 Å². The van der Waals surface area contributed by atoms with Crippen LogP contribution in [0.5, 0.6) is 34.9 Å². The predicted molar refractivity (Wildman–Crippen MR) is 436 cm³/mol. The highest BCUT2D eigenvalue weighted by atomic mass is 79.9. The molecule has 9 fully saturated rings. The lowest BCUT2D eigenvalue weighted by Crippen LogP contribution is -2.56. The Balaban J connectivity index is 0.000000125. The van der Waals surface area contributed by atoms with E-state index in [0.29, 0.717) is 67.0 Å². The van der Waals surface area contributed by atoms with Gasteiger partial charge in [0.1, 0.15) is 33.5 Å². The molecular formula is C92H82BrClF6N10O12. The Hall–Kier alpha value is -10.5. The Bertz CT molecular complexity index is 5620. The third-order valence-electron chi connectivity index (χ3n) is 28.7. The van der Waals surface area contributed by atoms with Crippen LogP contribution in [0.15, 0.2) is 186 Å². The summed E-state index contributed by atoms with van der Waals surface area (Å²) in [5.74, 6) is -12.1. The molecule has 3 unspecified atom stereocenters. The van der Waals surface area contributed by atoms with E-state index < -0.39 is 122 Å². The lowest BCUT2D eigenvalue weighted by Gasteiger charge is -2.45. The van der Waals surface area contributed by atoms with Crippen molar-refractivity contribution in [2.75, 3.05) is 60.6 Å². The Morgan fingerprint density at radius 2 is 0.713 bits per heavy atom. The summed E-state index contributed by atoms with van der Waals surface area (Å²) in [6.07, 6.45) is -3.85. The minimum absolute atomic E-state index is 0. The number of hydrogen-bond acceptors (Lipinski definition) is 18. The number of aliphatic hydroxyl groups is 6. The molecule has 18 atom stereocenters. The number of nitrogens with zero attached hydrogens (tertiary/aromatic N) is 10. The average Bonchev–Trinajstić information content (AvgIpc) is 1.48. The van der Waals surface area contributed by atoms with Gasteiger partial charge in [-0.1, -0.05) is 210 Å². The van der Waals surface area contributed by atoms with E-state index in [1.165, 1.54) is 39.5 Å². The first-order valence-electron chi connectivity index (χ1n) is 39.7. The number of aliphatic hydroxyl groups excluding tert-OH is 3. The van der Waals surface area contributed by atoms with Gasteiger partial charge in [-0.15, -0.1) is 0 Å². The van der Waals surface area contributed by atoms with E-state index in [9.17, 15) is 57.0 Å². The van der Waals surface area contributed by atoms with E-state index in [-0.39, 0.29) is 115 Å². The minimum Gasteiger partial charge on any atom is -0.481 e. The number of rotatable bonds is 15. The number of aromatic nitrogens is 3. The summed E-state index contributed by atoms with van der Waals surface area (Å²) < 4.78 is 125. The Labute approximate surface area is 712 Å². The summed E-state index contributed by atoms with van der Waals surface area (Å²) in [6.45, 7) is 31.7. The first-order valence-corrected chi connectivity index (χ1v) is 40.8. The number of benzene rings is 6. The molecule has 6 aliphatic heterocycles. The lowest BCUT2D eigenvalue weighted by molar-refractivity contribution is -0.153. The van der Waals surface area contributed by atoms with Gasteiger partial charge in [0.2, 0.25) is 5.88 Å². The van der Waals surface area contributed by atoms with Gasteiger partial charge in [-0.3, -0.25) is 14.7 Å². The number of pyridine rings is 3. The molecule has 628 valence electrons. The zero-order chi connectivity index (χ0) is 84.9. The summed E-state index contributed by atoms with van der Waals surface area (Å²) in [4.78, 5) is 31.9. The SMILES string of the molecule is C.COc1nc(Cl)cc2c1[C@]1(O)[C@H](O)[C@H](CN3CCC34CC4(F)F)[C@@H](c3ccccc3)[C@]1(c1ccc(Br)cc1)O2.[C-]#[N+]c1ccc([C@@]23Oc4cc([N+]#[C-])nc(OC)c4[C@]2(O)[C@H](O)[C@H](CN2CCC24CC4(F)F)[C@H]3c2ccccc2)cc1.[C-]#[N+]c1ccc([C@@]23Oc4cc([N+]#[C-])nc(OC)c4[C@]2(O)[C@H](O)[C@H](CN2CCC24CC4(F)F)[C@H]3c2ccccc2)cc1. The number of likely N-dealkylation sites (tertiary alicyclic amines) is 3. The van der Waals surface area contributed by atoms with Gasteiger partial charge in [-0.2, -0.15) is 0 Å². The highest BCUT2D eigenvalue weighted by Gasteiger charge is 2.85. The van der Waals surface area contributed by atoms with E-state index in [0.717, 1.165) is 21.2 Å². The van der Waals surface area contributed by atoms with Gasteiger partial charge < -0.3 is 68.8 Å². The molecule has 6 N–H and O–H groups in total. The summed E-state index contributed by atoms with van der Waals surface area (Å²) in [6, 6.07) is 52.9. The Morgan fingerprint density at radius 1 is 0.434 bits per heavy atom. The number of hydrogen-bond donors (Lipinski definition) is 6. The summed E-state index contributed by atoms with van der Waals surface area (Å²) in [5.41, 5.74) is -9.72. The van der Waals surface area contributed by atoms with Crippen LogP contribution in [0.4, 0.5) is 49.4 Å². The van der Waals surface area contributed by atoms with Crippen LogP contribution in [-0.2, 0) is 33.6 Å². The zero-order valence-corrected chi connectivity index (χ0v) is 67.5. The third-order valence-corrected chi connectivity index (χ3v) is 29.4. The topological polar surface area (TPSA) is 243 Å². The first-order chi connectivity index (χ1) is 57.9. The summed E-state index contributed by atoms with van der Waals surface area (Å²) in [5, 5.41) is 75.4. The number of ether oxygens (including phenoxy) is 6. The molecule has 122 heavy (non-hydrogen) atoms. The standard InChI is InChI=1S/2C31H26F2N4O4.C29H26BrClF2N2O4.CH4/c2*1-34-20-11-9-19(10-12-20)31-24(18-7-5-4-6-8-18)21(16-37-14-13-28(37)17-29(28,32)33)26(38)30(31,39)25-22(41-31)15-23(35-2)36-27(25)40-3;1-38-25-23-20(13-21(31)34-25)39-29(17-7-9-18(30)10-8-17)22(16-5-3-2-4-6-16)19(24(36)28(23,29)37)14-35-12-11-26(35)15-27(26,32)33;/h2*4-12,15,21,24,26,38-39H,13-14,16-17H2,3H3;2-10,13,19,22,24,36-37H,11-12,14-15H2,1H3;1H4/t2*21-,24-,26-,28?,30+,31+;19-,22-,24-,26?,28+,29+;/m111./s1. The highest BCUT2D eigenvalue weighted by Crippen LogP contribution is 2.76. The van der Waals surface area contributed by atoms with Crippen molar-refractivity contribution in [1.82, 2.24) is 29.7 Å². The number of alkyl halides is 6. The normalized spacial score (nSPS) is 34.3. The lowest BCUT2D eigenvalue weighted by atomic mass is 9.70. The molecule has 9 heterocycles. The molecule has 30 heteroatoms. The fourth-order valence-corrected chi connectivity index (χ4v) is 23.1. The van der Waals surface area contributed by atoms with Crippen molar-refractivity contribution in [2.45, 2.75) is 150 Å².